The highest BCUT2D eigenvalue weighted by Gasteiger charge is 2.14. The fourth-order valence-corrected chi connectivity index (χ4v) is 1.67. The van der Waals surface area contributed by atoms with Gasteiger partial charge >= 0.3 is 5.97 Å². The van der Waals surface area contributed by atoms with Crippen LogP contribution in [0, 0.1) is 5.92 Å². The van der Waals surface area contributed by atoms with E-state index in [9.17, 15) is 14.7 Å². The van der Waals surface area contributed by atoms with Crippen LogP contribution in [-0.2, 0) is 4.79 Å². The maximum absolute atomic E-state index is 11.9. The molecule has 0 heterocycles. The molecular weight excluding hydrogens is 270 g/mol. The van der Waals surface area contributed by atoms with E-state index >= 15 is 0 Å². The fraction of sp³-hybridized carbons (Fsp3) is 0.500. The van der Waals surface area contributed by atoms with Gasteiger partial charge in [0, 0.05) is 18.0 Å². The van der Waals surface area contributed by atoms with E-state index in [1.54, 1.807) is 6.07 Å². The minimum Gasteiger partial charge on any atom is -0.504 e. The average molecular weight is 293 g/mol. The Morgan fingerprint density at radius 2 is 1.90 bits per heavy atom. The Morgan fingerprint density at radius 3 is 2.43 bits per heavy atom. The molecule has 0 spiro atoms. The van der Waals surface area contributed by atoms with Crippen molar-refractivity contribution in [2.45, 2.75) is 40.2 Å². The molecule has 0 aromatic heterocycles. The summed E-state index contributed by atoms with van der Waals surface area (Å²) in [6.07, 6.45) is 0.276. The van der Waals surface area contributed by atoms with Gasteiger partial charge in [0.1, 0.15) is 0 Å². The number of Topliss-reactive ketones (excluding diaryl/α,β-unsaturated/α-hetero) is 1. The topological polar surface area (TPSA) is 75.6 Å². The number of esters is 1. The molecule has 116 valence electrons. The van der Waals surface area contributed by atoms with Gasteiger partial charge in [-0.25, -0.2) is 0 Å². The first-order chi connectivity index (χ1) is 9.79. The number of nitrogens with one attached hydrogen (secondary N) is 1. The third-order valence-corrected chi connectivity index (χ3v) is 2.75. The van der Waals surface area contributed by atoms with Crippen molar-refractivity contribution in [1.82, 2.24) is 5.32 Å². The van der Waals surface area contributed by atoms with E-state index in [2.05, 4.69) is 5.32 Å². The Bertz CT molecular complexity index is 509. The predicted molar refractivity (Wildman–Crippen MR) is 80.7 cm³/mol. The van der Waals surface area contributed by atoms with Gasteiger partial charge in [-0.3, -0.25) is 9.59 Å². The average Bonchev–Trinajstić information content (AvgIpc) is 2.37. The van der Waals surface area contributed by atoms with E-state index in [0.29, 0.717) is 5.56 Å². The molecule has 0 aliphatic carbocycles. The maximum atomic E-state index is 11.9. The number of ether oxygens (including phenoxy) is 1. The second-order valence-electron chi connectivity index (χ2n) is 5.71. The SMILES string of the molecule is CC(C)CC(=O)Oc1ccc(C(=O)CNC(C)C)cc1O. The summed E-state index contributed by atoms with van der Waals surface area (Å²) >= 11 is 0. The van der Waals surface area contributed by atoms with Crippen LogP contribution in [0.3, 0.4) is 0 Å². The molecule has 0 amide bonds. The summed E-state index contributed by atoms with van der Waals surface area (Å²) in [6.45, 7) is 7.91. The Hall–Kier alpha value is -1.88. The summed E-state index contributed by atoms with van der Waals surface area (Å²) < 4.78 is 5.07. The van der Waals surface area contributed by atoms with Crippen LogP contribution < -0.4 is 10.1 Å². The Kier molecular flexibility index (Phi) is 6.37. The molecule has 0 aliphatic rings. The Labute approximate surface area is 125 Å². The van der Waals surface area contributed by atoms with Gasteiger partial charge in [-0.2, -0.15) is 0 Å². The molecule has 0 saturated heterocycles. The lowest BCUT2D eigenvalue weighted by Gasteiger charge is -2.10. The number of hydrogen-bond donors (Lipinski definition) is 2. The lowest BCUT2D eigenvalue weighted by molar-refractivity contribution is -0.135. The quantitative estimate of drug-likeness (QED) is 0.459. The Balaban J connectivity index is 2.71. The molecule has 5 nitrogen and oxygen atoms in total. The molecule has 1 aromatic rings. The molecule has 0 radical (unpaired) electrons. The van der Waals surface area contributed by atoms with Gasteiger partial charge in [0.15, 0.2) is 17.3 Å². The number of ketones is 1. The van der Waals surface area contributed by atoms with Crippen LogP contribution in [0.4, 0.5) is 0 Å². The minimum atomic E-state index is -0.402. The number of carbonyl (C=O) groups is 2. The molecule has 0 fully saturated rings. The van der Waals surface area contributed by atoms with E-state index < -0.39 is 5.97 Å². The molecule has 1 rings (SSSR count). The summed E-state index contributed by atoms with van der Waals surface area (Å²) in [5.74, 6) is -0.473. The van der Waals surface area contributed by atoms with E-state index in [0.717, 1.165) is 0 Å². The number of aromatic hydroxyl groups is 1. The van der Waals surface area contributed by atoms with Crippen molar-refractivity contribution in [1.29, 1.82) is 0 Å². The molecule has 5 heteroatoms. The van der Waals surface area contributed by atoms with Crippen molar-refractivity contribution < 1.29 is 19.4 Å². The van der Waals surface area contributed by atoms with Gasteiger partial charge in [0.25, 0.3) is 0 Å². The van der Waals surface area contributed by atoms with Crippen molar-refractivity contribution >= 4 is 11.8 Å². The number of rotatable bonds is 7. The monoisotopic (exact) mass is 293 g/mol. The van der Waals surface area contributed by atoms with Gasteiger partial charge in [-0.1, -0.05) is 27.7 Å². The van der Waals surface area contributed by atoms with Crippen LogP contribution in [0.1, 0.15) is 44.5 Å². The van der Waals surface area contributed by atoms with Crippen LogP contribution in [-0.4, -0.2) is 29.4 Å². The number of phenols is 1. The van der Waals surface area contributed by atoms with Crippen LogP contribution in [0.15, 0.2) is 18.2 Å². The molecule has 0 unspecified atom stereocenters. The molecular formula is C16H23NO4. The molecule has 21 heavy (non-hydrogen) atoms. The van der Waals surface area contributed by atoms with E-state index in [1.807, 2.05) is 27.7 Å². The number of benzene rings is 1. The fourth-order valence-electron chi connectivity index (χ4n) is 1.67. The number of carbonyl (C=O) groups excluding carboxylic acids is 2. The maximum Gasteiger partial charge on any atom is 0.311 e. The second kappa shape index (κ2) is 7.78. The summed E-state index contributed by atoms with van der Waals surface area (Å²) in [5.41, 5.74) is 0.379. The van der Waals surface area contributed by atoms with E-state index in [4.69, 9.17) is 4.74 Å². The Morgan fingerprint density at radius 1 is 1.24 bits per heavy atom. The smallest absolute Gasteiger partial charge is 0.311 e. The van der Waals surface area contributed by atoms with Crippen molar-refractivity contribution in [2.75, 3.05) is 6.54 Å². The zero-order valence-electron chi connectivity index (χ0n) is 13.0. The first-order valence-electron chi connectivity index (χ1n) is 7.10. The summed E-state index contributed by atoms with van der Waals surface area (Å²) in [5, 5.41) is 12.9. The lowest BCUT2D eigenvalue weighted by atomic mass is 10.1. The molecule has 0 aliphatic heterocycles. The normalized spacial score (nSPS) is 11.0. The standard InChI is InChI=1S/C16H23NO4/c1-10(2)7-16(20)21-15-6-5-12(8-13(15)18)14(19)9-17-11(3)4/h5-6,8,10-11,17-18H,7,9H2,1-4H3. The highest BCUT2D eigenvalue weighted by Crippen LogP contribution is 2.27. The molecule has 0 atom stereocenters. The summed E-state index contributed by atoms with van der Waals surface area (Å²) in [4.78, 5) is 23.5. The van der Waals surface area contributed by atoms with Crippen molar-refractivity contribution in [3.8, 4) is 11.5 Å². The number of phenolic OH excluding ortho intramolecular Hbond substituents is 1. The largest absolute Gasteiger partial charge is 0.504 e. The lowest BCUT2D eigenvalue weighted by Crippen LogP contribution is -2.29. The predicted octanol–water partition coefficient (Wildman–Crippen LogP) is 2.52. The minimum absolute atomic E-state index is 0.0778. The van der Waals surface area contributed by atoms with Crippen LogP contribution in [0.2, 0.25) is 0 Å². The van der Waals surface area contributed by atoms with Gasteiger partial charge in [0.05, 0.1) is 6.54 Å². The highest BCUT2D eigenvalue weighted by molar-refractivity contribution is 5.98. The van der Waals surface area contributed by atoms with Crippen LogP contribution in [0.5, 0.6) is 11.5 Å². The number of hydrogen-bond acceptors (Lipinski definition) is 5. The van der Waals surface area contributed by atoms with E-state index in [-0.39, 0.29) is 42.2 Å². The highest BCUT2D eigenvalue weighted by atomic mass is 16.5. The van der Waals surface area contributed by atoms with E-state index in [1.165, 1.54) is 12.1 Å². The molecule has 2 N–H and O–H groups in total. The molecule has 0 bridgehead atoms. The van der Waals surface area contributed by atoms with Crippen molar-refractivity contribution in [2.24, 2.45) is 5.92 Å². The third kappa shape index (κ3) is 5.95. The van der Waals surface area contributed by atoms with Gasteiger partial charge in [0.2, 0.25) is 0 Å². The molecule has 0 saturated carbocycles. The van der Waals surface area contributed by atoms with Gasteiger partial charge in [-0.05, 0) is 24.1 Å². The van der Waals surface area contributed by atoms with Gasteiger partial charge < -0.3 is 15.2 Å². The van der Waals surface area contributed by atoms with Crippen molar-refractivity contribution in [3.05, 3.63) is 23.8 Å². The summed E-state index contributed by atoms with van der Waals surface area (Å²) in [6, 6.07) is 4.51. The molecule has 1 aromatic carbocycles. The first-order valence-corrected chi connectivity index (χ1v) is 7.10. The second-order valence-corrected chi connectivity index (χ2v) is 5.71. The van der Waals surface area contributed by atoms with Crippen molar-refractivity contribution in [3.63, 3.8) is 0 Å². The van der Waals surface area contributed by atoms with Crippen LogP contribution >= 0.6 is 0 Å². The van der Waals surface area contributed by atoms with Gasteiger partial charge in [-0.15, -0.1) is 0 Å². The zero-order chi connectivity index (χ0) is 16.0. The van der Waals surface area contributed by atoms with Crippen LogP contribution in [0.25, 0.3) is 0 Å². The third-order valence-electron chi connectivity index (χ3n) is 2.75. The zero-order valence-corrected chi connectivity index (χ0v) is 13.0. The first kappa shape index (κ1) is 17.2. The summed E-state index contributed by atoms with van der Waals surface area (Å²) in [7, 11) is 0.